The van der Waals surface area contributed by atoms with Crippen molar-refractivity contribution in [2.45, 2.75) is 32.0 Å². The first-order valence-electron chi connectivity index (χ1n) is 6.46. The van der Waals surface area contributed by atoms with Crippen molar-refractivity contribution in [3.8, 4) is 0 Å². The van der Waals surface area contributed by atoms with E-state index in [9.17, 15) is 0 Å². The second-order valence-corrected chi connectivity index (χ2v) is 5.18. The summed E-state index contributed by atoms with van der Waals surface area (Å²) in [5.74, 6) is 0. The van der Waals surface area contributed by atoms with Crippen LogP contribution in [0.15, 0.2) is 0 Å². The molecule has 4 nitrogen and oxygen atoms in total. The molecule has 16 heavy (non-hydrogen) atoms. The van der Waals surface area contributed by atoms with Crippen molar-refractivity contribution in [2.75, 3.05) is 46.4 Å². The van der Waals surface area contributed by atoms with Gasteiger partial charge in [-0.05, 0) is 20.9 Å². The van der Waals surface area contributed by atoms with E-state index in [1.54, 1.807) is 0 Å². The summed E-state index contributed by atoms with van der Waals surface area (Å²) in [5.41, 5.74) is 0. The fourth-order valence-corrected chi connectivity index (χ4v) is 2.72. The number of fused-ring (bicyclic) bond motifs is 3. The molecule has 2 unspecified atom stereocenters. The second-order valence-electron chi connectivity index (χ2n) is 5.18. The molecular weight excluding hydrogens is 202 g/mol. The molecule has 1 N–H and O–H groups in total. The molecule has 3 aliphatic heterocycles. The molecule has 0 aromatic carbocycles. The highest BCUT2D eigenvalue weighted by Gasteiger charge is 2.36. The lowest BCUT2D eigenvalue weighted by atomic mass is 10.0. The molecule has 0 radical (unpaired) electrons. The Balaban J connectivity index is 1.88. The first-order chi connectivity index (χ1) is 7.70. The smallest absolute Gasteiger partial charge is 0.0638 e. The number of hydrogen-bond donors (Lipinski definition) is 1. The summed E-state index contributed by atoms with van der Waals surface area (Å²) in [4.78, 5) is 5.19. The zero-order valence-electron chi connectivity index (χ0n) is 10.8. The van der Waals surface area contributed by atoms with Crippen LogP contribution in [0.25, 0.3) is 0 Å². The van der Waals surface area contributed by atoms with E-state index >= 15 is 0 Å². The SMILES string of the molecule is CNC(COC(C)C)C1CN2CCN1CC2. The highest BCUT2D eigenvalue weighted by atomic mass is 16.5. The van der Waals surface area contributed by atoms with Gasteiger partial charge in [0.1, 0.15) is 0 Å². The molecule has 3 fully saturated rings. The highest BCUT2D eigenvalue weighted by Crippen LogP contribution is 2.18. The summed E-state index contributed by atoms with van der Waals surface area (Å²) in [6.07, 6.45) is 0.326. The van der Waals surface area contributed by atoms with Crippen LogP contribution in [0.3, 0.4) is 0 Å². The van der Waals surface area contributed by atoms with Crippen LogP contribution in [0, 0.1) is 0 Å². The van der Waals surface area contributed by atoms with Gasteiger partial charge in [-0.2, -0.15) is 0 Å². The summed E-state index contributed by atoms with van der Waals surface area (Å²) in [6, 6.07) is 1.09. The standard InChI is InChI=1S/C12H25N3O/c1-10(2)16-9-11(13-3)12-8-14-4-6-15(12)7-5-14/h10-13H,4-9H2,1-3H3. The molecule has 2 bridgehead atoms. The van der Waals surface area contributed by atoms with Crippen LogP contribution in [0.4, 0.5) is 0 Å². The minimum Gasteiger partial charge on any atom is -0.377 e. The third-order valence-electron chi connectivity index (χ3n) is 3.77. The molecule has 3 rings (SSSR count). The molecule has 3 aliphatic rings. The van der Waals surface area contributed by atoms with Gasteiger partial charge in [0, 0.05) is 44.8 Å². The lowest BCUT2D eigenvalue weighted by molar-refractivity contribution is -0.0278. The quantitative estimate of drug-likeness (QED) is 0.715. The average molecular weight is 227 g/mol. The van der Waals surface area contributed by atoms with E-state index in [1.165, 1.54) is 32.7 Å². The number of nitrogens with one attached hydrogen (secondary N) is 1. The third kappa shape index (κ3) is 2.74. The normalized spacial score (nSPS) is 35.6. The van der Waals surface area contributed by atoms with Crippen molar-refractivity contribution in [1.82, 2.24) is 15.1 Å². The predicted octanol–water partition coefficient (Wildman–Crippen LogP) is -0.000800. The van der Waals surface area contributed by atoms with E-state index in [0.29, 0.717) is 18.2 Å². The molecule has 0 aliphatic carbocycles. The van der Waals surface area contributed by atoms with Crippen LogP contribution in [0.5, 0.6) is 0 Å². The maximum Gasteiger partial charge on any atom is 0.0638 e. The number of rotatable bonds is 5. The van der Waals surface area contributed by atoms with Crippen LogP contribution >= 0.6 is 0 Å². The lowest BCUT2D eigenvalue weighted by Crippen LogP contribution is -2.66. The molecule has 4 heteroatoms. The van der Waals surface area contributed by atoms with Gasteiger partial charge in [0.15, 0.2) is 0 Å². The molecule has 0 aromatic heterocycles. The summed E-state index contributed by atoms with van der Waals surface area (Å²) in [7, 11) is 2.05. The van der Waals surface area contributed by atoms with Gasteiger partial charge >= 0.3 is 0 Å². The van der Waals surface area contributed by atoms with Crippen LogP contribution in [-0.4, -0.2) is 74.4 Å². The number of nitrogens with zero attached hydrogens (tertiary/aromatic N) is 2. The monoisotopic (exact) mass is 227 g/mol. The van der Waals surface area contributed by atoms with E-state index in [-0.39, 0.29) is 0 Å². The summed E-state index contributed by atoms with van der Waals surface area (Å²) >= 11 is 0. The van der Waals surface area contributed by atoms with E-state index in [4.69, 9.17) is 4.74 Å². The van der Waals surface area contributed by atoms with Crippen molar-refractivity contribution in [1.29, 1.82) is 0 Å². The van der Waals surface area contributed by atoms with E-state index < -0.39 is 0 Å². The Bertz CT molecular complexity index is 214. The maximum atomic E-state index is 5.75. The third-order valence-corrected chi connectivity index (χ3v) is 3.77. The molecule has 3 heterocycles. The molecule has 0 saturated carbocycles. The van der Waals surface area contributed by atoms with Crippen molar-refractivity contribution < 1.29 is 4.74 Å². The number of hydrogen-bond acceptors (Lipinski definition) is 4. The van der Waals surface area contributed by atoms with Crippen LogP contribution in [-0.2, 0) is 4.74 Å². The largest absolute Gasteiger partial charge is 0.377 e. The minimum absolute atomic E-state index is 0.326. The average Bonchev–Trinajstić information content (AvgIpc) is 2.31. The first kappa shape index (κ1) is 12.3. The Labute approximate surface area is 98.9 Å². The van der Waals surface area contributed by atoms with E-state index in [0.717, 1.165) is 6.61 Å². The molecular formula is C12H25N3O. The van der Waals surface area contributed by atoms with Gasteiger partial charge in [0.05, 0.1) is 12.7 Å². The van der Waals surface area contributed by atoms with Gasteiger partial charge < -0.3 is 10.1 Å². The number of likely N-dealkylation sites (N-methyl/N-ethyl adjacent to an activating group) is 1. The summed E-state index contributed by atoms with van der Waals surface area (Å²) in [5, 5.41) is 3.42. The van der Waals surface area contributed by atoms with Crippen molar-refractivity contribution in [3.63, 3.8) is 0 Å². The van der Waals surface area contributed by atoms with E-state index in [2.05, 4.69) is 29.0 Å². The van der Waals surface area contributed by atoms with Gasteiger partial charge in [-0.3, -0.25) is 9.80 Å². The van der Waals surface area contributed by atoms with Crippen molar-refractivity contribution >= 4 is 0 Å². The molecule has 3 saturated heterocycles. The predicted molar refractivity (Wildman–Crippen MR) is 65.7 cm³/mol. The topological polar surface area (TPSA) is 27.7 Å². The zero-order chi connectivity index (χ0) is 11.5. The maximum absolute atomic E-state index is 5.75. The van der Waals surface area contributed by atoms with Crippen molar-refractivity contribution in [2.24, 2.45) is 0 Å². The Morgan fingerprint density at radius 1 is 1.25 bits per heavy atom. The van der Waals surface area contributed by atoms with Gasteiger partial charge in [-0.1, -0.05) is 0 Å². The Morgan fingerprint density at radius 2 is 1.94 bits per heavy atom. The molecule has 2 atom stereocenters. The zero-order valence-corrected chi connectivity index (χ0v) is 10.8. The molecule has 0 amide bonds. The van der Waals surface area contributed by atoms with Crippen LogP contribution < -0.4 is 5.32 Å². The van der Waals surface area contributed by atoms with Gasteiger partial charge in [-0.15, -0.1) is 0 Å². The Hall–Kier alpha value is -0.160. The van der Waals surface area contributed by atoms with Gasteiger partial charge in [-0.25, -0.2) is 0 Å². The number of ether oxygens (including phenoxy) is 1. The van der Waals surface area contributed by atoms with Gasteiger partial charge in [0.2, 0.25) is 0 Å². The summed E-state index contributed by atoms with van der Waals surface area (Å²) in [6.45, 7) is 11.2. The Kier molecular flexibility index (Phi) is 4.19. The van der Waals surface area contributed by atoms with Gasteiger partial charge in [0.25, 0.3) is 0 Å². The minimum atomic E-state index is 0.326. The van der Waals surface area contributed by atoms with Crippen LogP contribution in [0.2, 0.25) is 0 Å². The molecule has 94 valence electrons. The lowest BCUT2D eigenvalue weighted by Gasteiger charge is -2.50. The highest BCUT2D eigenvalue weighted by molar-refractivity contribution is 4.94. The molecule has 0 aromatic rings. The van der Waals surface area contributed by atoms with E-state index in [1.807, 2.05) is 7.05 Å². The van der Waals surface area contributed by atoms with Crippen molar-refractivity contribution in [3.05, 3.63) is 0 Å². The fraction of sp³-hybridized carbons (Fsp3) is 1.00. The Morgan fingerprint density at radius 3 is 2.38 bits per heavy atom. The van der Waals surface area contributed by atoms with Crippen LogP contribution in [0.1, 0.15) is 13.8 Å². The number of piperazine rings is 3. The first-order valence-corrected chi connectivity index (χ1v) is 6.46. The molecule has 0 spiro atoms. The summed E-state index contributed by atoms with van der Waals surface area (Å²) < 4.78 is 5.75. The second kappa shape index (κ2) is 5.45. The fourth-order valence-electron chi connectivity index (χ4n) is 2.72.